The monoisotopic (exact) mass is 446 g/mol. The van der Waals surface area contributed by atoms with Gasteiger partial charge in [-0.25, -0.2) is 13.2 Å². The van der Waals surface area contributed by atoms with Gasteiger partial charge < -0.3 is 10.1 Å². The minimum absolute atomic E-state index is 0.258. The highest BCUT2D eigenvalue weighted by Gasteiger charge is 2.29. The van der Waals surface area contributed by atoms with E-state index in [-0.39, 0.29) is 11.5 Å². The number of benzene rings is 2. The molecule has 0 heterocycles. The van der Waals surface area contributed by atoms with Crippen LogP contribution in [0.3, 0.4) is 0 Å². The molecule has 0 aliphatic rings. The molecule has 2 rings (SSSR count). The first kappa shape index (κ1) is 24.1. The number of hydrogen-bond acceptors (Lipinski definition) is 6. The highest BCUT2D eigenvalue weighted by Crippen LogP contribution is 2.15. The van der Waals surface area contributed by atoms with Crippen LogP contribution in [-0.2, 0) is 19.6 Å². The topological polar surface area (TPSA) is 119 Å². The lowest BCUT2D eigenvalue weighted by molar-refractivity contribution is -0.149. The van der Waals surface area contributed by atoms with Crippen LogP contribution in [0.5, 0.6) is 0 Å². The maximum atomic E-state index is 12.6. The quantitative estimate of drug-likeness (QED) is 0.452. The first-order chi connectivity index (χ1) is 14.5. The first-order valence-electron chi connectivity index (χ1n) is 9.66. The average molecular weight is 447 g/mol. The number of esters is 1. The van der Waals surface area contributed by atoms with E-state index < -0.39 is 39.8 Å². The molecule has 8 nitrogen and oxygen atoms in total. The van der Waals surface area contributed by atoms with Crippen molar-refractivity contribution >= 4 is 33.4 Å². The van der Waals surface area contributed by atoms with Crippen molar-refractivity contribution in [1.82, 2.24) is 5.32 Å². The summed E-state index contributed by atoms with van der Waals surface area (Å²) in [6, 6.07) is 13.3. The Balaban J connectivity index is 2.04. The fraction of sp³-hybridized carbons (Fsp3) is 0.318. The lowest BCUT2D eigenvalue weighted by atomic mass is 10.0. The van der Waals surface area contributed by atoms with Crippen LogP contribution in [0.25, 0.3) is 0 Å². The summed E-state index contributed by atoms with van der Waals surface area (Å²) in [4.78, 5) is 37.7. The van der Waals surface area contributed by atoms with Crippen molar-refractivity contribution in [2.45, 2.75) is 32.9 Å². The lowest BCUT2D eigenvalue weighted by Gasteiger charge is -2.23. The van der Waals surface area contributed by atoms with Gasteiger partial charge in [0.05, 0.1) is 6.26 Å². The third kappa shape index (κ3) is 7.21. The van der Waals surface area contributed by atoms with E-state index >= 15 is 0 Å². The summed E-state index contributed by atoms with van der Waals surface area (Å²) in [7, 11) is -3.43. The van der Waals surface area contributed by atoms with E-state index in [4.69, 9.17) is 4.74 Å². The van der Waals surface area contributed by atoms with Crippen LogP contribution in [0.1, 0.15) is 41.5 Å². The van der Waals surface area contributed by atoms with Crippen molar-refractivity contribution in [3.8, 4) is 0 Å². The van der Waals surface area contributed by atoms with Crippen LogP contribution in [0, 0.1) is 5.92 Å². The van der Waals surface area contributed by atoms with Crippen molar-refractivity contribution in [1.29, 1.82) is 0 Å². The Morgan fingerprint density at radius 3 is 1.97 bits per heavy atom. The van der Waals surface area contributed by atoms with Gasteiger partial charge in [0.25, 0.3) is 5.91 Å². The summed E-state index contributed by atoms with van der Waals surface area (Å²) >= 11 is 0. The molecule has 2 aromatic rings. The van der Waals surface area contributed by atoms with E-state index in [1.165, 1.54) is 31.2 Å². The second-order valence-corrected chi connectivity index (χ2v) is 9.20. The number of nitrogens with one attached hydrogen (secondary N) is 2. The number of carbonyl (C=O) groups is 3. The molecule has 0 fully saturated rings. The SMILES string of the molecule is CC(OC(=O)C(NC(=O)c1ccccc1)C(C)C)C(=O)c1ccc(NS(C)(=O)=O)cc1. The minimum atomic E-state index is -3.43. The molecule has 166 valence electrons. The zero-order valence-corrected chi connectivity index (χ0v) is 18.6. The Bertz CT molecular complexity index is 1030. The smallest absolute Gasteiger partial charge is 0.329 e. The molecule has 0 bridgehead atoms. The number of carbonyl (C=O) groups excluding carboxylic acids is 3. The molecule has 0 aromatic heterocycles. The van der Waals surface area contributed by atoms with Gasteiger partial charge >= 0.3 is 5.97 Å². The van der Waals surface area contributed by atoms with E-state index in [0.717, 1.165) is 6.26 Å². The predicted molar refractivity (Wildman–Crippen MR) is 117 cm³/mol. The maximum absolute atomic E-state index is 12.6. The molecular weight excluding hydrogens is 420 g/mol. The van der Waals surface area contributed by atoms with Crippen LogP contribution < -0.4 is 10.0 Å². The molecule has 9 heteroatoms. The molecule has 0 saturated carbocycles. The molecule has 2 N–H and O–H groups in total. The van der Waals surface area contributed by atoms with Gasteiger partial charge in [-0.15, -0.1) is 0 Å². The average Bonchev–Trinajstić information content (AvgIpc) is 2.70. The zero-order valence-electron chi connectivity index (χ0n) is 17.8. The van der Waals surface area contributed by atoms with Crippen molar-refractivity contribution in [2.24, 2.45) is 5.92 Å². The minimum Gasteiger partial charge on any atom is -0.453 e. The highest BCUT2D eigenvalue weighted by atomic mass is 32.2. The van der Waals surface area contributed by atoms with Crippen molar-refractivity contribution in [2.75, 3.05) is 11.0 Å². The number of ether oxygens (including phenoxy) is 1. The van der Waals surface area contributed by atoms with Gasteiger partial charge in [-0.05, 0) is 49.2 Å². The van der Waals surface area contributed by atoms with Crippen molar-refractivity contribution < 1.29 is 27.5 Å². The summed E-state index contributed by atoms with van der Waals surface area (Å²) < 4.78 is 30.2. The number of Topliss-reactive ketones (excluding diaryl/α,β-unsaturated/α-hetero) is 1. The summed E-state index contributed by atoms with van der Waals surface area (Å²) in [5.74, 6) is -1.83. The van der Waals surface area contributed by atoms with E-state index in [1.807, 2.05) is 0 Å². The Labute approximate surface area is 182 Å². The van der Waals surface area contributed by atoms with Crippen LogP contribution in [0.4, 0.5) is 5.69 Å². The van der Waals surface area contributed by atoms with Crippen LogP contribution in [0.15, 0.2) is 54.6 Å². The third-order valence-corrected chi connectivity index (χ3v) is 4.98. The Hall–Kier alpha value is -3.20. The highest BCUT2D eigenvalue weighted by molar-refractivity contribution is 7.92. The number of rotatable bonds is 9. The Morgan fingerprint density at radius 2 is 1.45 bits per heavy atom. The molecule has 0 saturated heterocycles. The van der Waals surface area contributed by atoms with Gasteiger partial charge in [0, 0.05) is 16.8 Å². The van der Waals surface area contributed by atoms with Gasteiger partial charge in [-0.2, -0.15) is 0 Å². The molecule has 0 aliphatic carbocycles. The lowest BCUT2D eigenvalue weighted by Crippen LogP contribution is -2.46. The number of ketones is 1. The number of anilines is 1. The van der Waals surface area contributed by atoms with E-state index in [9.17, 15) is 22.8 Å². The first-order valence-corrected chi connectivity index (χ1v) is 11.6. The van der Waals surface area contributed by atoms with Crippen molar-refractivity contribution in [3.05, 3.63) is 65.7 Å². The Kier molecular flexibility index (Phi) is 7.93. The second-order valence-electron chi connectivity index (χ2n) is 7.46. The van der Waals surface area contributed by atoms with Gasteiger partial charge in [0.15, 0.2) is 6.10 Å². The zero-order chi connectivity index (χ0) is 23.2. The van der Waals surface area contributed by atoms with E-state index in [2.05, 4.69) is 10.0 Å². The largest absolute Gasteiger partial charge is 0.453 e. The molecule has 1 amide bonds. The fourth-order valence-corrected chi connectivity index (χ4v) is 3.33. The molecule has 2 unspecified atom stereocenters. The number of hydrogen-bond donors (Lipinski definition) is 2. The van der Waals surface area contributed by atoms with Gasteiger partial charge in [0.2, 0.25) is 15.8 Å². The third-order valence-electron chi connectivity index (χ3n) is 4.38. The molecule has 0 aliphatic heterocycles. The summed E-state index contributed by atoms with van der Waals surface area (Å²) in [6.45, 7) is 4.97. The maximum Gasteiger partial charge on any atom is 0.329 e. The van der Waals surface area contributed by atoms with Crippen LogP contribution in [-0.4, -0.2) is 44.5 Å². The summed E-state index contributed by atoms with van der Waals surface area (Å²) in [5.41, 5.74) is 0.980. The van der Waals surface area contributed by atoms with Gasteiger partial charge in [-0.1, -0.05) is 32.0 Å². The number of amides is 1. The molecule has 2 aromatic carbocycles. The van der Waals surface area contributed by atoms with E-state index in [1.54, 1.807) is 44.2 Å². The van der Waals surface area contributed by atoms with Crippen LogP contribution in [0.2, 0.25) is 0 Å². The van der Waals surface area contributed by atoms with Crippen LogP contribution >= 0.6 is 0 Å². The standard InChI is InChI=1S/C22H26N2O6S/c1-14(2)19(23-21(26)17-8-6-5-7-9-17)22(27)30-15(3)20(25)16-10-12-18(13-11-16)24-31(4,28)29/h5-15,19,24H,1-4H3,(H,23,26). The predicted octanol–water partition coefficient (Wildman–Crippen LogP) is 2.63. The molecule has 0 spiro atoms. The molecule has 31 heavy (non-hydrogen) atoms. The van der Waals surface area contributed by atoms with Crippen molar-refractivity contribution in [3.63, 3.8) is 0 Å². The van der Waals surface area contributed by atoms with Gasteiger partial charge in [0.1, 0.15) is 6.04 Å². The summed E-state index contributed by atoms with van der Waals surface area (Å²) in [6.07, 6.45) is -0.0638. The summed E-state index contributed by atoms with van der Waals surface area (Å²) in [5, 5.41) is 2.66. The second kappa shape index (κ2) is 10.2. The Morgan fingerprint density at radius 1 is 0.871 bits per heavy atom. The number of sulfonamides is 1. The fourth-order valence-electron chi connectivity index (χ4n) is 2.76. The molecule has 2 atom stereocenters. The van der Waals surface area contributed by atoms with Gasteiger partial charge in [-0.3, -0.25) is 14.3 Å². The van der Waals surface area contributed by atoms with E-state index in [0.29, 0.717) is 11.3 Å². The normalized spacial score (nSPS) is 13.2. The molecule has 0 radical (unpaired) electrons. The molecular formula is C22H26N2O6S.